The lowest BCUT2D eigenvalue weighted by atomic mass is 10.0. The molecule has 0 aliphatic rings. The Balaban J connectivity index is 2.52. The fourth-order valence-electron chi connectivity index (χ4n) is 1.82. The van der Waals surface area contributed by atoms with Crippen molar-refractivity contribution < 1.29 is 13.2 Å². The van der Waals surface area contributed by atoms with Crippen LogP contribution in [-0.4, -0.2) is 6.18 Å². The molecule has 0 radical (unpaired) electrons. The van der Waals surface area contributed by atoms with Gasteiger partial charge in [-0.2, -0.15) is 18.4 Å². The summed E-state index contributed by atoms with van der Waals surface area (Å²) in [7, 11) is 0. The fraction of sp³-hybridized carbons (Fsp3) is 0.0625. The molecule has 0 aliphatic carbocycles. The third-order valence-corrected chi connectivity index (χ3v) is 3.07. The lowest BCUT2D eigenvalue weighted by Crippen LogP contribution is -2.21. The lowest BCUT2D eigenvalue weighted by molar-refractivity contribution is -0.0895. The minimum Gasteiger partial charge on any atom is -0.350 e. The Bertz CT molecular complexity index is 714. The molecule has 0 saturated heterocycles. The SMILES string of the molecule is N#C/C(=C(\Nc1ccc(Cl)cc1)C(F)(F)F)c1ccccc1. The monoisotopic (exact) mass is 322 g/mol. The minimum absolute atomic E-state index is 0.193. The van der Waals surface area contributed by atoms with Gasteiger partial charge in [0.1, 0.15) is 11.8 Å². The van der Waals surface area contributed by atoms with Crippen molar-refractivity contribution in [2.24, 2.45) is 0 Å². The molecule has 2 rings (SSSR count). The van der Waals surface area contributed by atoms with Crippen LogP contribution in [0.3, 0.4) is 0 Å². The van der Waals surface area contributed by atoms with Gasteiger partial charge in [-0.15, -0.1) is 0 Å². The average Bonchev–Trinajstić information content (AvgIpc) is 2.49. The highest BCUT2D eigenvalue weighted by molar-refractivity contribution is 6.30. The summed E-state index contributed by atoms with van der Waals surface area (Å²) in [4.78, 5) is 0. The summed E-state index contributed by atoms with van der Waals surface area (Å²) >= 11 is 5.71. The number of nitrogens with zero attached hydrogens (tertiary/aromatic N) is 1. The quantitative estimate of drug-likeness (QED) is 0.783. The van der Waals surface area contributed by atoms with Crippen molar-refractivity contribution in [3.05, 3.63) is 70.9 Å². The van der Waals surface area contributed by atoms with Crippen LogP contribution < -0.4 is 5.32 Å². The van der Waals surface area contributed by atoms with Crippen LogP contribution in [0, 0.1) is 11.3 Å². The molecule has 2 aromatic carbocycles. The molecule has 0 saturated carbocycles. The van der Waals surface area contributed by atoms with Gasteiger partial charge >= 0.3 is 6.18 Å². The molecule has 112 valence electrons. The first-order valence-electron chi connectivity index (χ1n) is 6.21. The van der Waals surface area contributed by atoms with Gasteiger partial charge in [0.25, 0.3) is 0 Å². The molecule has 2 aromatic rings. The van der Waals surface area contributed by atoms with Crippen molar-refractivity contribution in [1.82, 2.24) is 0 Å². The van der Waals surface area contributed by atoms with E-state index in [1.54, 1.807) is 24.3 Å². The van der Waals surface area contributed by atoms with E-state index in [0.29, 0.717) is 5.02 Å². The highest BCUT2D eigenvalue weighted by Gasteiger charge is 2.37. The zero-order chi connectivity index (χ0) is 16.2. The number of nitriles is 1. The maximum Gasteiger partial charge on any atom is 0.432 e. The minimum atomic E-state index is -4.69. The molecule has 0 fully saturated rings. The van der Waals surface area contributed by atoms with Gasteiger partial charge in [-0.3, -0.25) is 0 Å². The number of benzene rings is 2. The molecule has 6 heteroatoms. The van der Waals surface area contributed by atoms with E-state index in [4.69, 9.17) is 16.9 Å². The number of anilines is 1. The summed E-state index contributed by atoms with van der Waals surface area (Å²) in [6.45, 7) is 0. The summed E-state index contributed by atoms with van der Waals surface area (Å²) in [5.74, 6) is 0. The highest BCUT2D eigenvalue weighted by atomic mass is 35.5. The Morgan fingerprint density at radius 2 is 1.59 bits per heavy atom. The number of alkyl halides is 3. The molecule has 0 unspecified atom stereocenters. The van der Waals surface area contributed by atoms with Crippen LogP contribution in [0.2, 0.25) is 5.02 Å². The van der Waals surface area contributed by atoms with Gasteiger partial charge < -0.3 is 5.32 Å². The largest absolute Gasteiger partial charge is 0.432 e. The van der Waals surface area contributed by atoms with Crippen molar-refractivity contribution in [3.8, 4) is 6.07 Å². The number of allylic oxidation sites excluding steroid dienone is 2. The molecule has 0 atom stereocenters. The van der Waals surface area contributed by atoms with Crippen LogP contribution >= 0.6 is 11.6 Å². The number of nitrogens with one attached hydrogen (secondary N) is 1. The molecule has 0 spiro atoms. The normalized spacial score (nSPS) is 12.3. The van der Waals surface area contributed by atoms with E-state index in [1.165, 1.54) is 36.4 Å². The smallest absolute Gasteiger partial charge is 0.350 e. The summed E-state index contributed by atoms with van der Waals surface area (Å²) in [5, 5.41) is 11.8. The Hall–Kier alpha value is -2.45. The number of halogens is 4. The van der Waals surface area contributed by atoms with Crippen molar-refractivity contribution in [3.63, 3.8) is 0 Å². The van der Waals surface area contributed by atoms with Crippen LogP contribution in [0.25, 0.3) is 5.57 Å². The summed E-state index contributed by atoms with van der Waals surface area (Å²) in [6.07, 6.45) is -4.69. The summed E-state index contributed by atoms with van der Waals surface area (Å²) < 4.78 is 39.9. The maximum atomic E-state index is 13.3. The third kappa shape index (κ3) is 3.80. The second-order valence-electron chi connectivity index (χ2n) is 4.36. The molecule has 0 aliphatic heterocycles. The first-order chi connectivity index (χ1) is 10.4. The van der Waals surface area contributed by atoms with Gasteiger partial charge in [-0.1, -0.05) is 41.9 Å². The van der Waals surface area contributed by atoms with E-state index < -0.39 is 17.4 Å². The molecule has 2 nitrogen and oxygen atoms in total. The van der Waals surface area contributed by atoms with Crippen LogP contribution in [0.5, 0.6) is 0 Å². The van der Waals surface area contributed by atoms with E-state index in [0.717, 1.165) is 0 Å². The lowest BCUT2D eigenvalue weighted by Gasteiger charge is -2.16. The maximum absolute atomic E-state index is 13.3. The van der Waals surface area contributed by atoms with E-state index in [-0.39, 0.29) is 11.3 Å². The Labute approximate surface area is 130 Å². The van der Waals surface area contributed by atoms with E-state index in [9.17, 15) is 13.2 Å². The number of hydrogen-bond acceptors (Lipinski definition) is 2. The predicted molar refractivity (Wildman–Crippen MR) is 80.1 cm³/mol. The highest BCUT2D eigenvalue weighted by Crippen LogP contribution is 2.33. The first-order valence-corrected chi connectivity index (χ1v) is 6.59. The molecular weight excluding hydrogens is 313 g/mol. The number of rotatable bonds is 3. The van der Waals surface area contributed by atoms with E-state index in [1.807, 2.05) is 0 Å². The second-order valence-corrected chi connectivity index (χ2v) is 4.79. The van der Waals surface area contributed by atoms with Gasteiger partial charge in [0.05, 0.1) is 5.57 Å². The Morgan fingerprint density at radius 3 is 2.09 bits per heavy atom. The standard InChI is InChI=1S/C16H10ClF3N2/c17-12-6-8-13(9-7-12)22-15(16(18,19)20)14(10-21)11-4-2-1-3-5-11/h1-9,22H/b15-14+. The van der Waals surface area contributed by atoms with E-state index >= 15 is 0 Å². The van der Waals surface area contributed by atoms with Gasteiger partial charge in [0, 0.05) is 10.7 Å². The Morgan fingerprint density at radius 1 is 1.00 bits per heavy atom. The predicted octanol–water partition coefficient (Wildman–Crippen LogP) is 5.25. The fourth-order valence-corrected chi connectivity index (χ4v) is 1.95. The first kappa shape index (κ1) is 15.9. The topological polar surface area (TPSA) is 35.8 Å². The van der Waals surface area contributed by atoms with Crippen LogP contribution in [0.4, 0.5) is 18.9 Å². The molecule has 0 bridgehead atoms. The van der Waals surface area contributed by atoms with Gasteiger partial charge in [0.15, 0.2) is 0 Å². The van der Waals surface area contributed by atoms with Gasteiger partial charge in [-0.25, -0.2) is 0 Å². The van der Waals surface area contributed by atoms with Gasteiger partial charge in [-0.05, 0) is 29.8 Å². The molecular formula is C16H10ClF3N2. The molecule has 22 heavy (non-hydrogen) atoms. The van der Waals surface area contributed by atoms with Crippen LogP contribution in [-0.2, 0) is 0 Å². The Kier molecular flexibility index (Phi) is 4.74. The molecule has 1 N–H and O–H groups in total. The zero-order valence-electron chi connectivity index (χ0n) is 11.2. The van der Waals surface area contributed by atoms with Crippen LogP contribution in [0.1, 0.15) is 5.56 Å². The average molecular weight is 323 g/mol. The van der Waals surface area contributed by atoms with Crippen molar-refractivity contribution in [1.29, 1.82) is 5.26 Å². The molecule has 0 amide bonds. The number of hydrogen-bond donors (Lipinski definition) is 1. The van der Waals surface area contributed by atoms with Crippen molar-refractivity contribution in [2.75, 3.05) is 5.32 Å². The summed E-state index contributed by atoms with van der Waals surface area (Å²) in [6, 6.07) is 15.1. The van der Waals surface area contributed by atoms with E-state index in [2.05, 4.69) is 5.32 Å². The van der Waals surface area contributed by atoms with Crippen molar-refractivity contribution in [2.45, 2.75) is 6.18 Å². The van der Waals surface area contributed by atoms with Gasteiger partial charge in [0.2, 0.25) is 0 Å². The molecule has 0 heterocycles. The summed E-state index contributed by atoms with van der Waals surface area (Å²) in [5.41, 5.74) is -1.19. The third-order valence-electron chi connectivity index (χ3n) is 2.82. The molecule has 0 aromatic heterocycles. The van der Waals surface area contributed by atoms with Crippen LogP contribution in [0.15, 0.2) is 60.3 Å². The van der Waals surface area contributed by atoms with Crippen molar-refractivity contribution >= 4 is 22.9 Å². The second kappa shape index (κ2) is 6.54. The zero-order valence-corrected chi connectivity index (χ0v) is 11.9.